The molecular formula is C41H28O2S4. The molecule has 0 amide bonds. The minimum absolute atomic E-state index is 0.112. The number of rotatable bonds is 4. The summed E-state index contributed by atoms with van der Waals surface area (Å²) in [4.78, 5) is 31.9. The van der Waals surface area contributed by atoms with E-state index in [4.69, 9.17) is 0 Å². The molecule has 0 atom stereocenters. The highest BCUT2D eigenvalue weighted by Gasteiger charge is 2.24. The quantitative estimate of drug-likeness (QED) is 0.173. The average molecular weight is 681 g/mol. The van der Waals surface area contributed by atoms with Gasteiger partial charge in [0.05, 0.1) is 0 Å². The largest absolute Gasteiger partial charge is 0.289 e. The third-order valence-electron chi connectivity index (χ3n) is 9.42. The summed E-state index contributed by atoms with van der Waals surface area (Å²) in [5.74, 6) is 0. The highest BCUT2D eigenvalue weighted by molar-refractivity contribution is 7.25. The van der Waals surface area contributed by atoms with Crippen LogP contribution in [0.15, 0.2) is 107 Å². The van der Waals surface area contributed by atoms with Crippen molar-refractivity contribution in [2.75, 3.05) is 0 Å². The smallest absolute Gasteiger partial charge is 0.195 e. The number of hydrogen-bond donors (Lipinski definition) is 0. The van der Waals surface area contributed by atoms with E-state index in [1.165, 1.54) is 41.8 Å². The maximum atomic E-state index is 13.4. The van der Waals surface area contributed by atoms with Crippen LogP contribution in [0.3, 0.4) is 0 Å². The maximum absolute atomic E-state index is 13.4. The summed E-state index contributed by atoms with van der Waals surface area (Å²) in [6, 6.07) is 33.2. The van der Waals surface area contributed by atoms with Crippen molar-refractivity contribution in [2.45, 2.75) is 33.1 Å². The molecule has 0 fully saturated rings. The van der Waals surface area contributed by atoms with Crippen LogP contribution in [0.2, 0.25) is 0 Å². The lowest BCUT2D eigenvalue weighted by Gasteiger charge is -2.08. The monoisotopic (exact) mass is 680 g/mol. The third-order valence-corrected chi connectivity index (χ3v) is 13.9. The van der Waals surface area contributed by atoms with Gasteiger partial charge < -0.3 is 0 Å². The van der Waals surface area contributed by atoms with E-state index < -0.39 is 0 Å². The molecule has 0 unspecified atom stereocenters. The van der Waals surface area contributed by atoms with Gasteiger partial charge >= 0.3 is 0 Å². The predicted molar refractivity (Wildman–Crippen MR) is 208 cm³/mol. The van der Waals surface area contributed by atoms with Gasteiger partial charge in [0.2, 0.25) is 0 Å². The van der Waals surface area contributed by atoms with E-state index in [-0.39, 0.29) is 10.9 Å². The van der Waals surface area contributed by atoms with Crippen molar-refractivity contribution in [3.05, 3.63) is 138 Å². The molecule has 2 nitrogen and oxygen atoms in total. The first-order valence-corrected chi connectivity index (χ1v) is 19.0. The molecule has 1 aliphatic rings. The second kappa shape index (κ2) is 11.2. The van der Waals surface area contributed by atoms with Crippen LogP contribution in [0.1, 0.15) is 40.1 Å². The van der Waals surface area contributed by atoms with Gasteiger partial charge in [-0.2, -0.15) is 0 Å². The number of aryl methyl sites for hydroxylation is 2. The lowest BCUT2D eigenvalue weighted by Crippen LogP contribution is -2.00. The average Bonchev–Trinajstić information content (AvgIpc) is 3.83. The Kier molecular flexibility index (Phi) is 6.91. The molecule has 0 bridgehead atoms. The van der Waals surface area contributed by atoms with Crippen molar-refractivity contribution in [1.82, 2.24) is 0 Å². The standard InChI is InChI=1S/C41H28O2S4/c1-22-30(20-38(44-22)24-14-16-36-32(18-24)40(42)28-8-3-5-12-34(28)46-36)26-10-7-11-27(26)31-21-39(45-23(31)2)25-15-17-37-33(19-25)41(43)29-9-4-6-13-35(29)47-37/h3-6,8-9,12-21H,7,10-11H2,1-2H3. The van der Waals surface area contributed by atoms with Crippen molar-refractivity contribution in [3.63, 3.8) is 0 Å². The van der Waals surface area contributed by atoms with Gasteiger partial charge in [-0.05, 0) is 127 Å². The van der Waals surface area contributed by atoms with E-state index in [1.54, 1.807) is 22.7 Å². The van der Waals surface area contributed by atoms with Crippen LogP contribution < -0.4 is 10.9 Å². The highest BCUT2D eigenvalue weighted by atomic mass is 32.1. The number of fused-ring (bicyclic) bond motifs is 4. The summed E-state index contributed by atoms with van der Waals surface area (Å²) < 4.78 is 4.12. The first-order valence-electron chi connectivity index (χ1n) is 15.8. The molecule has 1 aliphatic carbocycles. The van der Waals surface area contributed by atoms with Crippen LogP contribution in [0, 0.1) is 13.8 Å². The molecule has 8 aromatic rings. The summed E-state index contributed by atoms with van der Waals surface area (Å²) in [7, 11) is 0. The maximum Gasteiger partial charge on any atom is 0.195 e. The van der Waals surface area contributed by atoms with Crippen LogP contribution in [0.5, 0.6) is 0 Å². The van der Waals surface area contributed by atoms with E-state index in [2.05, 4.69) is 62.4 Å². The number of thiophene rings is 2. The Labute approximate surface area is 287 Å². The molecule has 6 heteroatoms. The van der Waals surface area contributed by atoms with Crippen LogP contribution in [0.25, 0.3) is 72.4 Å². The van der Waals surface area contributed by atoms with Gasteiger partial charge in [-0.3, -0.25) is 9.59 Å². The Morgan fingerprint density at radius 1 is 0.468 bits per heavy atom. The van der Waals surface area contributed by atoms with Crippen molar-refractivity contribution >= 4 is 96.8 Å². The SMILES string of the molecule is Cc1sc(-c2ccc3sc4ccccc4c(=O)c3c2)cc1C1=C(c2cc(-c3ccc4sc5ccccc5c(=O)c4c3)sc2C)CCC1. The Morgan fingerprint density at radius 3 is 1.36 bits per heavy atom. The molecule has 228 valence electrons. The molecule has 47 heavy (non-hydrogen) atoms. The van der Waals surface area contributed by atoms with Gasteiger partial charge in [-0.25, -0.2) is 0 Å². The second-order valence-electron chi connectivity index (χ2n) is 12.2. The Hall–Kier alpha value is -4.20. The summed E-state index contributed by atoms with van der Waals surface area (Å²) in [6.45, 7) is 4.46. The van der Waals surface area contributed by atoms with E-state index in [0.717, 1.165) is 70.7 Å². The van der Waals surface area contributed by atoms with Crippen molar-refractivity contribution in [2.24, 2.45) is 0 Å². The van der Waals surface area contributed by atoms with Gasteiger partial charge in [0.25, 0.3) is 0 Å². The molecule has 0 saturated carbocycles. The fraction of sp³-hybridized carbons (Fsp3) is 0.122. The molecule has 4 aromatic heterocycles. The summed E-state index contributed by atoms with van der Waals surface area (Å²) in [5.41, 5.74) is 8.00. The van der Waals surface area contributed by atoms with E-state index in [1.807, 2.05) is 71.2 Å². The zero-order valence-electron chi connectivity index (χ0n) is 25.8. The molecule has 9 rings (SSSR count). The molecule has 0 radical (unpaired) electrons. The van der Waals surface area contributed by atoms with Gasteiger partial charge in [-0.1, -0.05) is 36.4 Å². The molecule has 0 N–H and O–H groups in total. The Bertz CT molecular complexity index is 2550. The molecule has 0 aliphatic heterocycles. The van der Waals surface area contributed by atoms with Gasteiger partial charge in [0.1, 0.15) is 0 Å². The number of benzene rings is 4. The van der Waals surface area contributed by atoms with Crippen molar-refractivity contribution in [1.29, 1.82) is 0 Å². The van der Waals surface area contributed by atoms with Crippen LogP contribution in [-0.4, -0.2) is 0 Å². The van der Waals surface area contributed by atoms with Gasteiger partial charge in [-0.15, -0.1) is 45.3 Å². The lowest BCUT2D eigenvalue weighted by atomic mass is 9.96. The number of allylic oxidation sites excluding steroid dienone is 2. The van der Waals surface area contributed by atoms with Crippen molar-refractivity contribution in [3.8, 4) is 20.9 Å². The zero-order chi connectivity index (χ0) is 31.8. The van der Waals surface area contributed by atoms with Crippen LogP contribution in [0.4, 0.5) is 0 Å². The van der Waals surface area contributed by atoms with Crippen LogP contribution >= 0.6 is 45.3 Å². The van der Waals surface area contributed by atoms with Gasteiger partial charge in [0, 0.05) is 59.9 Å². The van der Waals surface area contributed by atoms with Crippen LogP contribution in [-0.2, 0) is 0 Å². The minimum Gasteiger partial charge on any atom is -0.289 e. The first-order chi connectivity index (χ1) is 22.9. The topological polar surface area (TPSA) is 34.1 Å². The second-order valence-corrected chi connectivity index (χ2v) is 16.9. The molecule has 0 saturated heterocycles. The zero-order valence-corrected chi connectivity index (χ0v) is 29.1. The third kappa shape index (κ3) is 4.77. The first kappa shape index (κ1) is 29.0. The number of hydrogen-bond acceptors (Lipinski definition) is 6. The lowest BCUT2D eigenvalue weighted by molar-refractivity contribution is 0.941. The molecule has 4 heterocycles. The Balaban J connectivity index is 1.11. The molecule has 0 spiro atoms. The van der Waals surface area contributed by atoms with Crippen molar-refractivity contribution < 1.29 is 0 Å². The fourth-order valence-corrected chi connectivity index (χ4v) is 11.3. The Morgan fingerprint density at radius 2 is 0.894 bits per heavy atom. The van der Waals surface area contributed by atoms with E-state index in [9.17, 15) is 9.59 Å². The fourth-order valence-electron chi connectivity index (χ4n) is 7.10. The summed E-state index contributed by atoms with van der Waals surface area (Å²) >= 11 is 7.00. The van der Waals surface area contributed by atoms with E-state index in [0.29, 0.717) is 0 Å². The molecule has 4 aromatic carbocycles. The van der Waals surface area contributed by atoms with Gasteiger partial charge in [0.15, 0.2) is 10.9 Å². The predicted octanol–water partition coefficient (Wildman–Crippen LogP) is 12.3. The van der Waals surface area contributed by atoms with E-state index >= 15 is 0 Å². The summed E-state index contributed by atoms with van der Waals surface area (Å²) in [6.07, 6.45) is 3.28. The highest BCUT2D eigenvalue weighted by Crippen LogP contribution is 2.47. The minimum atomic E-state index is 0.112. The summed E-state index contributed by atoms with van der Waals surface area (Å²) in [5, 5.41) is 3.19. The normalized spacial score (nSPS) is 13.6. The molecular weight excluding hydrogens is 653 g/mol.